The van der Waals surface area contributed by atoms with Crippen molar-refractivity contribution in [3.05, 3.63) is 59.7 Å². The van der Waals surface area contributed by atoms with Crippen molar-refractivity contribution in [2.24, 2.45) is 0 Å². The molecule has 1 N–H and O–H groups in total. The number of amides is 1. The minimum absolute atomic E-state index is 0.0301. The number of aryl methyl sites for hydroxylation is 1. The summed E-state index contributed by atoms with van der Waals surface area (Å²) in [6, 6.07) is 14.4. The molecule has 7 heteroatoms. The number of ether oxygens (including phenoxy) is 1. The Morgan fingerprint density at radius 3 is 2.52 bits per heavy atom. The van der Waals surface area contributed by atoms with Gasteiger partial charge in [-0.25, -0.2) is 17.9 Å². The summed E-state index contributed by atoms with van der Waals surface area (Å²) in [4.78, 5) is 13.8. The van der Waals surface area contributed by atoms with Gasteiger partial charge in [0.15, 0.2) is 0 Å². The van der Waals surface area contributed by atoms with E-state index in [2.05, 4.69) is 18.6 Å². The molecule has 144 valence electrons. The Morgan fingerprint density at radius 1 is 1.19 bits per heavy atom. The van der Waals surface area contributed by atoms with E-state index in [-0.39, 0.29) is 11.4 Å². The van der Waals surface area contributed by atoms with E-state index in [9.17, 15) is 13.2 Å². The Kier molecular flexibility index (Phi) is 5.53. The lowest BCUT2D eigenvalue weighted by atomic mass is 10.0. The summed E-state index contributed by atoms with van der Waals surface area (Å²) < 4.78 is 32.8. The highest BCUT2D eigenvalue weighted by Gasteiger charge is 2.33. The zero-order valence-corrected chi connectivity index (χ0v) is 16.5. The van der Waals surface area contributed by atoms with Gasteiger partial charge in [0.25, 0.3) is 0 Å². The Labute approximate surface area is 160 Å². The van der Waals surface area contributed by atoms with Crippen molar-refractivity contribution < 1.29 is 17.9 Å². The van der Waals surface area contributed by atoms with Crippen LogP contribution in [-0.4, -0.2) is 33.7 Å². The Bertz CT molecular complexity index is 923. The second kappa shape index (κ2) is 7.70. The Balaban J connectivity index is 1.63. The van der Waals surface area contributed by atoms with E-state index in [1.807, 2.05) is 43.3 Å². The van der Waals surface area contributed by atoms with Gasteiger partial charge in [0.2, 0.25) is 10.0 Å². The number of nitrogens with one attached hydrogen (secondary N) is 1. The third-order valence-corrected chi connectivity index (χ3v) is 5.98. The Morgan fingerprint density at radius 2 is 1.89 bits per heavy atom. The van der Waals surface area contributed by atoms with Crippen LogP contribution in [-0.2, 0) is 14.8 Å². The molecule has 27 heavy (non-hydrogen) atoms. The number of carbonyl (C=O) groups is 1. The Hall–Kier alpha value is -2.38. The lowest BCUT2D eigenvalue weighted by Gasteiger charge is -2.14. The van der Waals surface area contributed by atoms with Crippen molar-refractivity contribution in [1.82, 2.24) is 4.72 Å². The molecule has 0 bridgehead atoms. The van der Waals surface area contributed by atoms with Crippen LogP contribution in [0.3, 0.4) is 0 Å². The number of benzene rings is 2. The van der Waals surface area contributed by atoms with E-state index in [1.54, 1.807) is 12.1 Å². The van der Waals surface area contributed by atoms with Gasteiger partial charge in [-0.1, -0.05) is 38.1 Å². The lowest BCUT2D eigenvalue weighted by Crippen LogP contribution is -2.34. The van der Waals surface area contributed by atoms with Gasteiger partial charge in [0.1, 0.15) is 6.10 Å². The summed E-state index contributed by atoms with van der Waals surface area (Å²) in [6.07, 6.45) is -1.01. The standard InChI is InChI=1S/C20H24N2O4S/c1-14(2)16-7-9-19(10-8-16)27(24,25)21-12-18-13-22(20(23)26-18)17-6-4-5-15(3)11-17/h4-11,14,18,21H,12-13H2,1-3H3. The molecular formula is C20H24N2O4S. The van der Waals surface area contributed by atoms with E-state index in [4.69, 9.17) is 4.74 Å². The number of rotatable bonds is 6. The lowest BCUT2D eigenvalue weighted by molar-refractivity contribution is 0.143. The molecule has 1 aliphatic rings. The first-order valence-electron chi connectivity index (χ1n) is 8.91. The van der Waals surface area contributed by atoms with Gasteiger partial charge < -0.3 is 4.74 Å². The van der Waals surface area contributed by atoms with Gasteiger partial charge in [0, 0.05) is 12.2 Å². The van der Waals surface area contributed by atoms with Crippen LogP contribution >= 0.6 is 0 Å². The molecule has 2 aromatic rings. The molecule has 0 aliphatic carbocycles. The number of cyclic esters (lactones) is 1. The molecule has 1 fully saturated rings. The summed E-state index contributed by atoms with van der Waals surface area (Å²) in [5.74, 6) is 0.334. The zero-order chi connectivity index (χ0) is 19.6. The number of anilines is 1. The van der Waals surface area contributed by atoms with Crippen LogP contribution in [0.2, 0.25) is 0 Å². The van der Waals surface area contributed by atoms with Gasteiger partial charge >= 0.3 is 6.09 Å². The van der Waals surface area contributed by atoms with Crippen LogP contribution in [0.15, 0.2) is 53.4 Å². The van der Waals surface area contributed by atoms with Crippen LogP contribution in [0.5, 0.6) is 0 Å². The topological polar surface area (TPSA) is 75.7 Å². The van der Waals surface area contributed by atoms with E-state index >= 15 is 0 Å². The normalized spacial score (nSPS) is 17.4. The van der Waals surface area contributed by atoms with E-state index in [0.717, 1.165) is 16.8 Å². The van der Waals surface area contributed by atoms with Gasteiger partial charge in [0.05, 0.1) is 11.4 Å². The van der Waals surface area contributed by atoms with E-state index < -0.39 is 22.2 Å². The monoisotopic (exact) mass is 388 g/mol. The highest BCUT2D eigenvalue weighted by atomic mass is 32.2. The molecule has 0 spiro atoms. The third-order valence-electron chi connectivity index (χ3n) is 4.55. The highest BCUT2D eigenvalue weighted by Crippen LogP contribution is 2.23. The number of sulfonamides is 1. The summed E-state index contributed by atoms with van der Waals surface area (Å²) in [6.45, 7) is 6.38. The fourth-order valence-corrected chi connectivity index (χ4v) is 4.02. The van der Waals surface area contributed by atoms with Gasteiger partial charge in [-0.15, -0.1) is 0 Å². The molecule has 1 unspecified atom stereocenters. The molecule has 0 radical (unpaired) electrons. The number of hydrogen-bond acceptors (Lipinski definition) is 4. The second-order valence-electron chi connectivity index (χ2n) is 7.03. The van der Waals surface area contributed by atoms with Crippen molar-refractivity contribution in [2.45, 2.75) is 37.7 Å². The predicted octanol–water partition coefficient (Wildman–Crippen LogP) is 3.42. The van der Waals surface area contributed by atoms with Crippen molar-refractivity contribution in [2.75, 3.05) is 18.0 Å². The molecule has 0 saturated carbocycles. The average Bonchev–Trinajstić information content (AvgIpc) is 3.01. The third kappa shape index (κ3) is 4.48. The SMILES string of the molecule is Cc1cccc(N2CC(CNS(=O)(=O)c3ccc(C(C)C)cc3)OC2=O)c1. The molecule has 6 nitrogen and oxygen atoms in total. The fourth-order valence-electron chi connectivity index (χ4n) is 2.95. The highest BCUT2D eigenvalue weighted by molar-refractivity contribution is 7.89. The maximum atomic E-state index is 12.5. The molecule has 1 saturated heterocycles. The molecule has 0 aromatic heterocycles. The molecule has 2 aromatic carbocycles. The number of nitrogens with zero attached hydrogens (tertiary/aromatic N) is 1. The number of hydrogen-bond donors (Lipinski definition) is 1. The quantitative estimate of drug-likeness (QED) is 0.823. The smallest absolute Gasteiger partial charge is 0.414 e. The first-order chi connectivity index (χ1) is 12.8. The van der Waals surface area contributed by atoms with Gasteiger partial charge in [-0.2, -0.15) is 0 Å². The van der Waals surface area contributed by atoms with Crippen molar-refractivity contribution >= 4 is 21.8 Å². The molecule has 1 amide bonds. The molecule has 1 heterocycles. The van der Waals surface area contributed by atoms with Crippen LogP contribution in [0.4, 0.5) is 10.5 Å². The zero-order valence-electron chi connectivity index (χ0n) is 15.7. The van der Waals surface area contributed by atoms with Crippen molar-refractivity contribution in [3.8, 4) is 0 Å². The minimum Gasteiger partial charge on any atom is -0.443 e. The molecular weight excluding hydrogens is 364 g/mol. The summed E-state index contributed by atoms with van der Waals surface area (Å²) in [5.41, 5.74) is 2.86. The van der Waals surface area contributed by atoms with Gasteiger partial charge in [-0.3, -0.25) is 4.90 Å². The predicted molar refractivity (Wildman–Crippen MR) is 105 cm³/mol. The molecule has 1 aliphatic heterocycles. The largest absolute Gasteiger partial charge is 0.443 e. The average molecular weight is 388 g/mol. The van der Waals surface area contributed by atoms with Crippen LogP contribution in [0.1, 0.15) is 30.9 Å². The van der Waals surface area contributed by atoms with Crippen molar-refractivity contribution in [1.29, 1.82) is 0 Å². The number of carbonyl (C=O) groups excluding carboxylic acids is 1. The summed E-state index contributed by atoms with van der Waals surface area (Å²) in [7, 11) is -3.66. The van der Waals surface area contributed by atoms with Gasteiger partial charge in [-0.05, 0) is 48.2 Å². The van der Waals surface area contributed by atoms with Crippen LogP contribution in [0, 0.1) is 6.92 Å². The van der Waals surface area contributed by atoms with Crippen LogP contribution < -0.4 is 9.62 Å². The minimum atomic E-state index is -3.66. The second-order valence-corrected chi connectivity index (χ2v) is 8.80. The first kappa shape index (κ1) is 19.4. The maximum absolute atomic E-state index is 12.5. The van der Waals surface area contributed by atoms with E-state index in [1.165, 1.54) is 4.90 Å². The van der Waals surface area contributed by atoms with Crippen molar-refractivity contribution in [3.63, 3.8) is 0 Å². The fraction of sp³-hybridized carbons (Fsp3) is 0.350. The molecule has 1 atom stereocenters. The summed E-state index contributed by atoms with van der Waals surface area (Å²) in [5, 5.41) is 0. The van der Waals surface area contributed by atoms with Crippen LogP contribution in [0.25, 0.3) is 0 Å². The first-order valence-corrected chi connectivity index (χ1v) is 10.4. The maximum Gasteiger partial charge on any atom is 0.414 e. The summed E-state index contributed by atoms with van der Waals surface area (Å²) >= 11 is 0. The molecule has 3 rings (SSSR count). The van der Waals surface area contributed by atoms with E-state index in [0.29, 0.717) is 12.5 Å².